The van der Waals surface area contributed by atoms with Crippen LogP contribution in [-0.2, 0) is 6.61 Å². The molecule has 0 radical (unpaired) electrons. The highest BCUT2D eigenvalue weighted by Gasteiger charge is 2.19. The molecule has 28 heavy (non-hydrogen) atoms. The van der Waals surface area contributed by atoms with Crippen LogP contribution in [0.1, 0.15) is 11.1 Å². The van der Waals surface area contributed by atoms with Crippen LogP contribution in [0, 0.1) is 17.1 Å². The van der Waals surface area contributed by atoms with E-state index in [1.165, 1.54) is 19.2 Å². The maximum absolute atomic E-state index is 14.4. The van der Waals surface area contributed by atoms with E-state index in [1.54, 1.807) is 47.1 Å². The van der Waals surface area contributed by atoms with Crippen LogP contribution in [0.15, 0.2) is 54.9 Å². The molecule has 138 valence electrons. The molecule has 0 saturated carbocycles. The summed E-state index contributed by atoms with van der Waals surface area (Å²) in [5, 5.41) is 18.3. The number of aliphatic hydroxyl groups excluding tert-OH is 1. The third kappa shape index (κ3) is 2.86. The van der Waals surface area contributed by atoms with Gasteiger partial charge >= 0.3 is 6.01 Å². The zero-order valence-electron chi connectivity index (χ0n) is 14.9. The number of imidazole rings is 1. The minimum absolute atomic E-state index is 0.213. The van der Waals surface area contributed by atoms with E-state index in [-0.39, 0.29) is 12.2 Å². The average molecular weight is 374 g/mol. The fourth-order valence-electron chi connectivity index (χ4n) is 3.11. The van der Waals surface area contributed by atoms with Crippen molar-refractivity contribution < 1.29 is 14.2 Å². The lowest BCUT2D eigenvalue weighted by atomic mass is 9.98. The van der Waals surface area contributed by atoms with Crippen LogP contribution in [0.2, 0.25) is 0 Å². The van der Waals surface area contributed by atoms with Gasteiger partial charge in [-0.05, 0) is 23.8 Å². The van der Waals surface area contributed by atoms with Crippen LogP contribution in [0.4, 0.5) is 4.39 Å². The molecule has 4 rings (SSSR count). The third-order valence-electron chi connectivity index (χ3n) is 4.50. The van der Waals surface area contributed by atoms with Crippen LogP contribution < -0.4 is 4.74 Å². The Morgan fingerprint density at radius 3 is 2.57 bits per heavy atom. The Bertz CT molecular complexity index is 1210. The van der Waals surface area contributed by atoms with Crippen LogP contribution in [0.25, 0.3) is 28.0 Å². The lowest BCUT2D eigenvalue weighted by Gasteiger charge is -2.14. The van der Waals surface area contributed by atoms with Crippen LogP contribution in [0.5, 0.6) is 6.01 Å². The van der Waals surface area contributed by atoms with E-state index in [0.29, 0.717) is 34.0 Å². The molecular formula is C21H15FN4O2. The summed E-state index contributed by atoms with van der Waals surface area (Å²) < 4.78 is 21.4. The smallest absolute Gasteiger partial charge is 0.302 e. The van der Waals surface area contributed by atoms with Crippen molar-refractivity contribution in [3.63, 3.8) is 0 Å². The Morgan fingerprint density at radius 2 is 1.93 bits per heavy atom. The van der Waals surface area contributed by atoms with Crippen LogP contribution in [0.3, 0.4) is 0 Å². The molecule has 6 nitrogen and oxygen atoms in total. The first-order valence-electron chi connectivity index (χ1n) is 8.47. The molecule has 0 aliphatic rings. The summed E-state index contributed by atoms with van der Waals surface area (Å²) in [6.45, 7) is -0.381. The molecule has 0 aliphatic carbocycles. The highest BCUT2D eigenvalue weighted by atomic mass is 19.1. The quantitative estimate of drug-likeness (QED) is 0.590. The summed E-state index contributed by atoms with van der Waals surface area (Å²) in [6, 6.07) is 14.0. The first-order valence-corrected chi connectivity index (χ1v) is 8.47. The second-order valence-corrected chi connectivity index (χ2v) is 6.10. The molecule has 0 unspecified atom stereocenters. The molecule has 2 aromatic carbocycles. The zero-order chi connectivity index (χ0) is 19.7. The van der Waals surface area contributed by atoms with E-state index in [2.05, 4.69) is 16.0 Å². The summed E-state index contributed by atoms with van der Waals surface area (Å²) in [7, 11) is 1.51. The largest absolute Gasteiger partial charge is 0.468 e. The van der Waals surface area contributed by atoms with Gasteiger partial charge in [0.05, 0.1) is 36.6 Å². The Morgan fingerprint density at radius 1 is 1.18 bits per heavy atom. The molecule has 0 amide bonds. The zero-order valence-corrected chi connectivity index (χ0v) is 14.9. The SMILES string of the molecule is COc1nc(-c2ccc(C#N)cc2)c(-c2ccc(CO)c(F)c2)c2nccn12. The van der Waals surface area contributed by atoms with E-state index in [0.717, 1.165) is 5.56 Å². The molecule has 2 aromatic heterocycles. The van der Waals surface area contributed by atoms with Gasteiger partial charge in [0, 0.05) is 23.5 Å². The Balaban J connectivity index is 2.04. The number of aromatic nitrogens is 3. The Hall–Kier alpha value is -3.76. The van der Waals surface area contributed by atoms with Gasteiger partial charge in [-0.1, -0.05) is 24.3 Å². The molecular weight excluding hydrogens is 359 g/mol. The maximum Gasteiger partial charge on any atom is 0.302 e. The topological polar surface area (TPSA) is 83.4 Å². The maximum atomic E-state index is 14.4. The number of halogens is 1. The standard InChI is InChI=1S/C21H15FN4O2/c1-28-21-25-19(14-4-2-13(11-23)3-5-14)18(20-24-8-9-26(20)21)15-6-7-16(12-27)17(22)10-15/h2-10,27H,12H2,1H3. The average Bonchev–Trinajstić information content (AvgIpc) is 3.22. The number of methoxy groups -OCH3 is 1. The summed E-state index contributed by atoms with van der Waals surface area (Å²) in [5.41, 5.74) is 3.78. The van der Waals surface area contributed by atoms with E-state index in [9.17, 15) is 9.50 Å². The molecule has 0 fully saturated rings. The van der Waals surface area contributed by atoms with E-state index < -0.39 is 5.82 Å². The number of fused-ring (bicyclic) bond motifs is 1. The number of ether oxygens (including phenoxy) is 1. The van der Waals surface area contributed by atoms with Crippen LogP contribution >= 0.6 is 0 Å². The van der Waals surface area contributed by atoms with E-state index >= 15 is 0 Å². The van der Waals surface area contributed by atoms with Gasteiger partial charge in [-0.2, -0.15) is 10.2 Å². The van der Waals surface area contributed by atoms with Crippen molar-refractivity contribution in [3.05, 3.63) is 71.8 Å². The van der Waals surface area contributed by atoms with Gasteiger partial charge in [-0.25, -0.2) is 9.37 Å². The molecule has 7 heteroatoms. The molecule has 2 heterocycles. The number of hydrogen-bond acceptors (Lipinski definition) is 5. The van der Waals surface area contributed by atoms with Crippen molar-refractivity contribution in [2.24, 2.45) is 0 Å². The molecule has 0 bridgehead atoms. The van der Waals surface area contributed by atoms with Crippen molar-refractivity contribution in [3.8, 4) is 34.5 Å². The van der Waals surface area contributed by atoms with Crippen molar-refractivity contribution in [2.75, 3.05) is 7.11 Å². The van der Waals surface area contributed by atoms with Gasteiger partial charge in [0.1, 0.15) is 5.82 Å². The van der Waals surface area contributed by atoms with Crippen molar-refractivity contribution in [2.45, 2.75) is 6.61 Å². The molecule has 4 aromatic rings. The van der Waals surface area contributed by atoms with E-state index in [1.807, 2.05) is 0 Å². The number of rotatable bonds is 4. The molecule has 0 spiro atoms. The minimum Gasteiger partial charge on any atom is -0.468 e. The number of benzene rings is 2. The predicted molar refractivity (Wildman–Crippen MR) is 101 cm³/mol. The fraction of sp³-hybridized carbons (Fsp3) is 0.0952. The van der Waals surface area contributed by atoms with Gasteiger partial charge in [0.15, 0.2) is 5.65 Å². The van der Waals surface area contributed by atoms with Crippen molar-refractivity contribution >= 4 is 5.65 Å². The first kappa shape index (κ1) is 17.6. The normalized spacial score (nSPS) is 10.8. The third-order valence-corrected chi connectivity index (χ3v) is 4.50. The molecule has 0 saturated heterocycles. The molecule has 0 aliphatic heterocycles. The van der Waals surface area contributed by atoms with Gasteiger partial charge in [0.2, 0.25) is 0 Å². The summed E-state index contributed by atoms with van der Waals surface area (Å²) in [6.07, 6.45) is 3.33. The predicted octanol–water partition coefficient (Wildman–Crippen LogP) is 3.57. The van der Waals surface area contributed by atoms with Crippen molar-refractivity contribution in [1.82, 2.24) is 14.4 Å². The second-order valence-electron chi connectivity index (χ2n) is 6.10. The second kappa shape index (κ2) is 7.10. The lowest BCUT2D eigenvalue weighted by Crippen LogP contribution is -2.02. The monoisotopic (exact) mass is 374 g/mol. The Labute approximate surface area is 160 Å². The summed E-state index contributed by atoms with van der Waals surface area (Å²) >= 11 is 0. The number of aliphatic hydroxyl groups is 1. The lowest BCUT2D eigenvalue weighted by molar-refractivity contribution is 0.276. The van der Waals surface area contributed by atoms with Crippen LogP contribution in [-0.4, -0.2) is 26.6 Å². The molecule has 0 atom stereocenters. The summed E-state index contributed by atoms with van der Waals surface area (Å²) in [4.78, 5) is 9.03. The number of nitriles is 1. The van der Waals surface area contributed by atoms with Gasteiger partial charge < -0.3 is 9.84 Å². The first-order chi connectivity index (χ1) is 13.7. The fourth-order valence-corrected chi connectivity index (χ4v) is 3.11. The number of nitrogens with zero attached hydrogens (tertiary/aromatic N) is 4. The highest BCUT2D eigenvalue weighted by Crippen LogP contribution is 2.36. The van der Waals surface area contributed by atoms with Gasteiger partial charge in [-0.15, -0.1) is 0 Å². The van der Waals surface area contributed by atoms with E-state index in [4.69, 9.17) is 10.00 Å². The highest BCUT2D eigenvalue weighted by molar-refractivity contribution is 5.90. The summed E-state index contributed by atoms with van der Waals surface area (Å²) in [5.74, 6) is -0.508. The number of hydrogen-bond donors (Lipinski definition) is 1. The van der Waals surface area contributed by atoms with Gasteiger partial charge in [-0.3, -0.25) is 4.40 Å². The van der Waals surface area contributed by atoms with Gasteiger partial charge in [0.25, 0.3) is 0 Å². The van der Waals surface area contributed by atoms with Crippen molar-refractivity contribution in [1.29, 1.82) is 5.26 Å². The Kier molecular flexibility index (Phi) is 4.47. The minimum atomic E-state index is -0.508. The molecule has 1 N–H and O–H groups in total.